The summed E-state index contributed by atoms with van der Waals surface area (Å²) in [5.74, 6) is -1.40. The number of hydrogen-bond acceptors (Lipinski definition) is 11. The van der Waals surface area contributed by atoms with Crippen LogP contribution in [0.5, 0.6) is 0 Å². The van der Waals surface area contributed by atoms with Crippen LogP contribution in [0.15, 0.2) is 41.3 Å². The van der Waals surface area contributed by atoms with E-state index in [0.717, 1.165) is 23.8 Å². The Hall–Kier alpha value is -3.77. The highest BCUT2D eigenvalue weighted by Gasteiger charge is 2.63. The number of aromatic nitrogens is 2. The smallest absolute Gasteiger partial charge is 0.351 e. The number of fused-ring (bicyclic) bond motifs is 2. The SMILES string of the molecule is O=C1O[C@@H]2[C@H](OC(=O)c3ccccc31)[C@@H](COC(=O)C13CC(C1)C3)O[C@H]2n1ccc(NO)nc1=O. The van der Waals surface area contributed by atoms with Crippen LogP contribution in [0.25, 0.3) is 0 Å². The van der Waals surface area contributed by atoms with Crippen LogP contribution in [0.4, 0.5) is 5.82 Å². The summed E-state index contributed by atoms with van der Waals surface area (Å²) in [5.41, 5.74) is 0.571. The van der Waals surface area contributed by atoms with Crippen molar-refractivity contribution in [2.45, 2.75) is 43.8 Å². The molecule has 3 heterocycles. The molecule has 2 bridgehead atoms. The molecule has 2 aromatic rings. The molecule has 7 rings (SSSR count). The predicted molar refractivity (Wildman–Crippen MR) is 113 cm³/mol. The normalized spacial score (nSPS) is 32.4. The van der Waals surface area contributed by atoms with E-state index in [1.165, 1.54) is 24.4 Å². The van der Waals surface area contributed by atoms with Gasteiger partial charge in [0.15, 0.2) is 24.3 Å². The van der Waals surface area contributed by atoms with Crippen LogP contribution in [0.2, 0.25) is 0 Å². The molecule has 35 heavy (non-hydrogen) atoms. The van der Waals surface area contributed by atoms with Crippen molar-refractivity contribution in [2.24, 2.45) is 11.3 Å². The molecular weight excluding hydrogens is 462 g/mol. The van der Waals surface area contributed by atoms with Crippen molar-refractivity contribution in [3.05, 3.63) is 58.1 Å². The zero-order valence-electron chi connectivity index (χ0n) is 18.3. The summed E-state index contributed by atoms with van der Waals surface area (Å²) in [6.45, 7) is -0.256. The van der Waals surface area contributed by atoms with E-state index in [9.17, 15) is 19.2 Å². The number of nitrogens with zero attached hydrogens (tertiary/aromatic N) is 2. The number of carbonyl (C=O) groups excluding carboxylic acids is 3. The molecule has 12 heteroatoms. The van der Waals surface area contributed by atoms with Gasteiger partial charge in [0.05, 0.1) is 16.5 Å². The third kappa shape index (κ3) is 3.40. The molecule has 2 aliphatic heterocycles. The fraction of sp³-hybridized carbons (Fsp3) is 0.435. The molecule has 182 valence electrons. The molecule has 12 nitrogen and oxygen atoms in total. The quantitative estimate of drug-likeness (QED) is 0.356. The molecule has 3 aliphatic carbocycles. The number of nitrogens with one attached hydrogen (secondary N) is 1. The van der Waals surface area contributed by atoms with Gasteiger partial charge in [-0.25, -0.2) is 14.4 Å². The summed E-state index contributed by atoms with van der Waals surface area (Å²) in [4.78, 5) is 54.8. The molecule has 4 atom stereocenters. The van der Waals surface area contributed by atoms with Crippen LogP contribution >= 0.6 is 0 Å². The maximum Gasteiger partial charge on any atom is 0.351 e. The topological polar surface area (TPSA) is 155 Å². The molecule has 0 spiro atoms. The molecule has 0 unspecified atom stereocenters. The maximum atomic E-state index is 12.9. The second-order valence-corrected chi connectivity index (χ2v) is 9.32. The number of benzene rings is 1. The summed E-state index contributed by atoms with van der Waals surface area (Å²) >= 11 is 0. The Balaban J connectivity index is 1.32. The zero-order valence-corrected chi connectivity index (χ0v) is 18.3. The van der Waals surface area contributed by atoms with E-state index in [0.29, 0.717) is 5.92 Å². The van der Waals surface area contributed by atoms with Crippen molar-refractivity contribution < 1.29 is 38.5 Å². The largest absolute Gasteiger partial charge is 0.462 e. The van der Waals surface area contributed by atoms with Crippen LogP contribution in [-0.2, 0) is 23.7 Å². The van der Waals surface area contributed by atoms with Gasteiger partial charge in [-0.15, -0.1) is 0 Å². The monoisotopic (exact) mass is 483 g/mol. The third-order valence-corrected chi connectivity index (χ3v) is 7.21. The van der Waals surface area contributed by atoms with Gasteiger partial charge in [0.2, 0.25) is 0 Å². The van der Waals surface area contributed by atoms with E-state index in [2.05, 4.69) is 4.98 Å². The summed E-state index contributed by atoms with van der Waals surface area (Å²) in [6, 6.07) is 7.35. The van der Waals surface area contributed by atoms with Gasteiger partial charge in [-0.2, -0.15) is 4.98 Å². The molecule has 5 aliphatic rings. The lowest BCUT2D eigenvalue weighted by Gasteiger charge is -2.59. The average Bonchev–Trinajstić information content (AvgIpc) is 3.10. The lowest BCUT2D eigenvalue weighted by molar-refractivity contribution is -0.195. The highest BCUT2D eigenvalue weighted by molar-refractivity contribution is 6.03. The van der Waals surface area contributed by atoms with E-state index in [4.69, 9.17) is 24.2 Å². The van der Waals surface area contributed by atoms with E-state index in [1.807, 2.05) is 0 Å². The van der Waals surface area contributed by atoms with Gasteiger partial charge in [-0.3, -0.25) is 20.0 Å². The Morgan fingerprint density at radius 3 is 2.31 bits per heavy atom. The van der Waals surface area contributed by atoms with Crippen molar-refractivity contribution in [1.29, 1.82) is 0 Å². The summed E-state index contributed by atoms with van der Waals surface area (Å²) in [7, 11) is 0. The van der Waals surface area contributed by atoms with Gasteiger partial charge in [0.25, 0.3) is 0 Å². The molecule has 3 saturated carbocycles. The van der Waals surface area contributed by atoms with Crippen LogP contribution in [0.3, 0.4) is 0 Å². The van der Waals surface area contributed by atoms with Crippen molar-refractivity contribution in [3.63, 3.8) is 0 Å². The number of hydrogen-bond donors (Lipinski definition) is 2. The fourth-order valence-electron chi connectivity index (χ4n) is 5.26. The Morgan fingerprint density at radius 2 is 1.74 bits per heavy atom. The van der Waals surface area contributed by atoms with Crippen molar-refractivity contribution >= 4 is 23.7 Å². The average molecular weight is 483 g/mol. The van der Waals surface area contributed by atoms with Crippen molar-refractivity contribution in [2.75, 3.05) is 12.1 Å². The van der Waals surface area contributed by atoms with Gasteiger partial charge < -0.3 is 18.9 Å². The first-order valence-corrected chi connectivity index (χ1v) is 11.2. The minimum absolute atomic E-state index is 0.0125. The van der Waals surface area contributed by atoms with Gasteiger partial charge in [0, 0.05) is 6.20 Å². The number of ether oxygens (including phenoxy) is 4. The fourth-order valence-corrected chi connectivity index (χ4v) is 5.26. The molecule has 4 fully saturated rings. The van der Waals surface area contributed by atoms with E-state index in [-0.39, 0.29) is 29.5 Å². The van der Waals surface area contributed by atoms with Gasteiger partial charge in [-0.1, -0.05) is 12.1 Å². The van der Waals surface area contributed by atoms with E-state index < -0.39 is 47.6 Å². The minimum Gasteiger partial charge on any atom is -0.462 e. The van der Waals surface area contributed by atoms with Gasteiger partial charge >= 0.3 is 23.6 Å². The second-order valence-electron chi connectivity index (χ2n) is 9.32. The van der Waals surface area contributed by atoms with E-state index in [1.54, 1.807) is 17.6 Å². The molecule has 0 amide bonds. The van der Waals surface area contributed by atoms with Crippen LogP contribution in [-0.4, -0.2) is 57.6 Å². The highest BCUT2D eigenvalue weighted by atomic mass is 16.7. The first-order valence-electron chi connectivity index (χ1n) is 11.2. The molecular formula is C23H21N3O9. The number of carbonyl (C=O) groups is 3. The molecule has 1 aromatic heterocycles. The molecule has 0 radical (unpaired) electrons. The first kappa shape index (κ1) is 21.7. The molecule has 1 saturated heterocycles. The minimum atomic E-state index is -1.23. The van der Waals surface area contributed by atoms with Gasteiger partial charge in [0.1, 0.15) is 12.7 Å². The number of rotatable bonds is 5. The van der Waals surface area contributed by atoms with Crippen LogP contribution in [0.1, 0.15) is 46.2 Å². The Bertz CT molecular complexity index is 1270. The summed E-state index contributed by atoms with van der Waals surface area (Å²) in [6.07, 6.45) is -0.919. The van der Waals surface area contributed by atoms with Crippen LogP contribution in [0, 0.1) is 11.3 Å². The van der Waals surface area contributed by atoms with Crippen LogP contribution < -0.4 is 11.2 Å². The first-order chi connectivity index (χ1) is 16.9. The lowest BCUT2D eigenvalue weighted by atomic mass is 9.44. The summed E-state index contributed by atoms with van der Waals surface area (Å²) < 4.78 is 23.9. The third-order valence-electron chi connectivity index (χ3n) is 7.21. The Morgan fingerprint density at radius 1 is 1.09 bits per heavy atom. The Kier molecular flexibility index (Phi) is 4.90. The number of esters is 3. The molecule has 2 N–H and O–H groups in total. The number of anilines is 1. The van der Waals surface area contributed by atoms with Crippen molar-refractivity contribution in [3.8, 4) is 0 Å². The second kappa shape index (κ2) is 7.89. The maximum absolute atomic E-state index is 12.9. The standard InChI is InChI=1S/C23H21N3O9/c27-19-12-3-1-2-4-13(12)20(28)35-17-16(34-19)14(10-32-21(29)23-7-11(8-23)9-23)33-18(17)26-6-5-15(25-31)24-22(26)30/h1-6,11,14,16-18,31H,7-10H2,(H,24,25,30)/t11?,14-,16-,17-,18-,23?/m1/s1. The lowest BCUT2D eigenvalue weighted by Crippen LogP contribution is -2.57. The predicted octanol–water partition coefficient (Wildman–Crippen LogP) is 1.05. The van der Waals surface area contributed by atoms with E-state index >= 15 is 0 Å². The van der Waals surface area contributed by atoms with Crippen molar-refractivity contribution in [1.82, 2.24) is 9.55 Å². The summed E-state index contributed by atoms with van der Waals surface area (Å²) in [5, 5.41) is 9.02. The zero-order chi connectivity index (χ0) is 24.3. The Labute approximate surface area is 197 Å². The van der Waals surface area contributed by atoms with Gasteiger partial charge in [-0.05, 0) is 43.4 Å². The molecule has 1 aromatic carbocycles. The highest BCUT2D eigenvalue weighted by Crippen LogP contribution is 2.64.